The van der Waals surface area contributed by atoms with Gasteiger partial charge in [0.2, 0.25) is 0 Å². The first-order chi connectivity index (χ1) is 12.6. The molecule has 0 N–H and O–H groups in total. The van der Waals surface area contributed by atoms with Gasteiger partial charge in [0.25, 0.3) is 11.5 Å². The van der Waals surface area contributed by atoms with Crippen LogP contribution in [0.3, 0.4) is 0 Å². The summed E-state index contributed by atoms with van der Waals surface area (Å²) in [4.78, 5) is 33.8. The van der Waals surface area contributed by atoms with Crippen molar-refractivity contribution in [2.75, 3.05) is 32.7 Å². The molecule has 3 heterocycles. The molecule has 8 heteroatoms. The van der Waals surface area contributed by atoms with Crippen molar-refractivity contribution in [3.8, 4) is 0 Å². The molecule has 1 aliphatic heterocycles. The van der Waals surface area contributed by atoms with Crippen LogP contribution in [0.4, 0.5) is 0 Å². The molecule has 0 bridgehead atoms. The van der Waals surface area contributed by atoms with E-state index in [4.69, 9.17) is 0 Å². The molecule has 138 valence electrons. The van der Waals surface area contributed by atoms with Gasteiger partial charge in [0.05, 0.1) is 23.4 Å². The van der Waals surface area contributed by atoms with Crippen LogP contribution in [0.1, 0.15) is 33.0 Å². The van der Waals surface area contributed by atoms with Gasteiger partial charge in [-0.3, -0.25) is 14.5 Å². The molecule has 0 radical (unpaired) electrons. The minimum absolute atomic E-state index is 0.000124. The van der Waals surface area contributed by atoms with E-state index in [0.717, 1.165) is 60.7 Å². The fourth-order valence-electron chi connectivity index (χ4n) is 3.66. The normalized spacial score (nSPS) is 17.5. The first-order valence-electron chi connectivity index (χ1n) is 9.13. The standard InChI is InChI=1S/C18H23N5O2S/c1-13-17(26-12-19-13)18(25)22-8-5-21(6-9-22)7-10-23-16(24)11-14-3-2-4-15(14)20-23/h11-12H,2-10H2,1H3. The van der Waals surface area contributed by atoms with Gasteiger partial charge >= 0.3 is 0 Å². The Labute approximate surface area is 156 Å². The second kappa shape index (κ2) is 7.28. The molecule has 4 rings (SSSR count). The highest BCUT2D eigenvalue weighted by Gasteiger charge is 2.24. The maximum Gasteiger partial charge on any atom is 0.267 e. The van der Waals surface area contributed by atoms with E-state index < -0.39 is 0 Å². The molecule has 2 aliphatic rings. The highest BCUT2D eigenvalue weighted by Crippen LogP contribution is 2.18. The smallest absolute Gasteiger partial charge is 0.267 e. The summed E-state index contributed by atoms with van der Waals surface area (Å²) in [6.07, 6.45) is 3.06. The Bertz CT molecular complexity index is 867. The van der Waals surface area contributed by atoms with E-state index >= 15 is 0 Å². The highest BCUT2D eigenvalue weighted by molar-refractivity contribution is 7.11. The van der Waals surface area contributed by atoms with Crippen molar-refractivity contribution in [1.82, 2.24) is 24.6 Å². The number of hydrogen-bond acceptors (Lipinski definition) is 6. The van der Waals surface area contributed by atoms with Crippen LogP contribution in [-0.4, -0.2) is 63.2 Å². The molecular formula is C18H23N5O2S. The summed E-state index contributed by atoms with van der Waals surface area (Å²) in [6.45, 7) is 6.33. The average Bonchev–Trinajstić information content (AvgIpc) is 3.28. The van der Waals surface area contributed by atoms with Crippen LogP contribution in [0.5, 0.6) is 0 Å². The van der Waals surface area contributed by atoms with E-state index in [1.54, 1.807) is 16.3 Å². The average molecular weight is 373 g/mol. The van der Waals surface area contributed by atoms with E-state index in [2.05, 4.69) is 15.0 Å². The Morgan fingerprint density at radius 1 is 1.19 bits per heavy atom. The molecule has 7 nitrogen and oxygen atoms in total. The maximum atomic E-state index is 12.5. The lowest BCUT2D eigenvalue weighted by molar-refractivity contribution is 0.0635. The van der Waals surface area contributed by atoms with E-state index in [0.29, 0.717) is 19.6 Å². The van der Waals surface area contributed by atoms with Crippen LogP contribution < -0.4 is 5.56 Å². The van der Waals surface area contributed by atoms with Crippen LogP contribution in [0, 0.1) is 6.92 Å². The molecule has 1 aliphatic carbocycles. The molecule has 2 aromatic heterocycles. The number of nitrogens with zero attached hydrogens (tertiary/aromatic N) is 5. The quantitative estimate of drug-likeness (QED) is 0.798. The fourth-order valence-corrected chi connectivity index (χ4v) is 4.43. The maximum absolute atomic E-state index is 12.5. The molecule has 0 atom stereocenters. The second-order valence-corrected chi connectivity index (χ2v) is 7.79. The second-order valence-electron chi connectivity index (χ2n) is 6.93. The SMILES string of the molecule is Cc1ncsc1C(=O)N1CCN(CCn2nc3c(cc2=O)CCC3)CC1. The number of carbonyl (C=O) groups excluding carboxylic acids is 1. The lowest BCUT2D eigenvalue weighted by Crippen LogP contribution is -2.49. The van der Waals surface area contributed by atoms with E-state index in [1.807, 2.05) is 11.8 Å². The van der Waals surface area contributed by atoms with Crippen LogP contribution in [0.25, 0.3) is 0 Å². The first kappa shape index (κ1) is 17.4. The zero-order chi connectivity index (χ0) is 18.1. The Morgan fingerprint density at radius 2 is 2.00 bits per heavy atom. The number of hydrogen-bond donors (Lipinski definition) is 0. The van der Waals surface area contributed by atoms with Gasteiger partial charge < -0.3 is 4.90 Å². The molecule has 26 heavy (non-hydrogen) atoms. The van der Waals surface area contributed by atoms with Crippen molar-refractivity contribution in [3.63, 3.8) is 0 Å². The number of fused-ring (bicyclic) bond motifs is 1. The summed E-state index contributed by atoms with van der Waals surface area (Å²) in [6, 6.07) is 1.75. The summed E-state index contributed by atoms with van der Waals surface area (Å²) < 4.78 is 1.60. The number of aromatic nitrogens is 3. The van der Waals surface area contributed by atoms with Crippen LogP contribution in [0.15, 0.2) is 16.4 Å². The predicted molar refractivity (Wildman–Crippen MR) is 99.7 cm³/mol. The van der Waals surface area contributed by atoms with Crippen LogP contribution in [0.2, 0.25) is 0 Å². The summed E-state index contributed by atoms with van der Waals surface area (Å²) in [5.41, 5.74) is 4.74. The first-order valence-corrected chi connectivity index (χ1v) is 10.0. The molecule has 2 aromatic rings. The molecule has 0 spiro atoms. The fraction of sp³-hybridized carbons (Fsp3) is 0.556. The Hall–Kier alpha value is -2.06. The van der Waals surface area contributed by atoms with Gasteiger partial charge in [0.15, 0.2) is 0 Å². The van der Waals surface area contributed by atoms with E-state index in [9.17, 15) is 9.59 Å². The monoisotopic (exact) mass is 373 g/mol. The zero-order valence-electron chi connectivity index (χ0n) is 15.0. The number of piperazine rings is 1. The number of aryl methyl sites for hydroxylation is 3. The van der Waals surface area contributed by atoms with Gasteiger partial charge in [-0.15, -0.1) is 11.3 Å². The number of amides is 1. The lowest BCUT2D eigenvalue weighted by Gasteiger charge is -2.34. The van der Waals surface area contributed by atoms with Gasteiger partial charge in [-0.2, -0.15) is 5.10 Å². The number of thiazole rings is 1. The number of rotatable bonds is 4. The molecular weight excluding hydrogens is 350 g/mol. The summed E-state index contributed by atoms with van der Waals surface area (Å²) in [5.74, 6) is 0.0844. The third-order valence-corrected chi connectivity index (χ3v) is 6.17. The lowest BCUT2D eigenvalue weighted by atomic mass is 10.2. The van der Waals surface area contributed by atoms with Crippen molar-refractivity contribution < 1.29 is 4.79 Å². The largest absolute Gasteiger partial charge is 0.335 e. The summed E-state index contributed by atoms with van der Waals surface area (Å²) in [7, 11) is 0. The Morgan fingerprint density at radius 3 is 2.73 bits per heavy atom. The van der Waals surface area contributed by atoms with Gasteiger partial charge in [-0.1, -0.05) is 0 Å². The van der Waals surface area contributed by atoms with Crippen LogP contribution in [-0.2, 0) is 19.4 Å². The van der Waals surface area contributed by atoms with Gasteiger partial charge in [0, 0.05) is 38.8 Å². The van der Waals surface area contributed by atoms with Crippen LogP contribution >= 0.6 is 11.3 Å². The minimum atomic E-state index is 0.000124. The van der Waals surface area contributed by atoms with Crippen molar-refractivity contribution >= 4 is 17.2 Å². The highest BCUT2D eigenvalue weighted by atomic mass is 32.1. The minimum Gasteiger partial charge on any atom is -0.335 e. The molecule has 0 unspecified atom stereocenters. The number of carbonyl (C=O) groups is 1. The topological polar surface area (TPSA) is 71.3 Å². The van der Waals surface area contributed by atoms with Crippen molar-refractivity contribution in [3.05, 3.63) is 43.8 Å². The van der Waals surface area contributed by atoms with Crippen molar-refractivity contribution in [2.45, 2.75) is 32.7 Å². The van der Waals surface area contributed by atoms with Gasteiger partial charge in [-0.25, -0.2) is 9.67 Å². The third-order valence-electron chi connectivity index (χ3n) is 5.25. The van der Waals surface area contributed by atoms with Crippen molar-refractivity contribution in [1.29, 1.82) is 0 Å². The summed E-state index contributed by atoms with van der Waals surface area (Å²) in [5, 5.41) is 4.53. The predicted octanol–water partition coefficient (Wildman–Crippen LogP) is 0.955. The van der Waals surface area contributed by atoms with E-state index in [-0.39, 0.29) is 11.5 Å². The molecule has 1 fully saturated rings. The summed E-state index contributed by atoms with van der Waals surface area (Å²) >= 11 is 1.41. The third kappa shape index (κ3) is 3.43. The molecule has 0 aromatic carbocycles. The van der Waals surface area contributed by atoms with Gasteiger partial charge in [0.1, 0.15) is 4.88 Å². The molecule has 1 saturated heterocycles. The van der Waals surface area contributed by atoms with Gasteiger partial charge in [-0.05, 0) is 31.7 Å². The van der Waals surface area contributed by atoms with Crippen molar-refractivity contribution in [2.24, 2.45) is 0 Å². The zero-order valence-corrected chi connectivity index (χ0v) is 15.8. The Balaban J connectivity index is 1.31. The Kier molecular flexibility index (Phi) is 4.86. The van der Waals surface area contributed by atoms with E-state index in [1.165, 1.54) is 11.3 Å². The molecule has 0 saturated carbocycles. The molecule has 1 amide bonds.